The van der Waals surface area contributed by atoms with E-state index in [-0.39, 0.29) is 5.92 Å². The molecule has 2 heterocycles. The van der Waals surface area contributed by atoms with Crippen LogP contribution in [0.4, 0.5) is 0 Å². The van der Waals surface area contributed by atoms with E-state index >= 15 is 0 Å². The zero-order valence-corrected chi connectivity index (χ0v) is 10.5. The molecular weight excluding hydrogens is 240 g/mol. The largest absolute Gasteiger partial charge is 0.497 e. The van der Waals surface area contributed by atoms with Crippen molar-refractivity contribution in [3.63, 3.8) is 0 Å². The second-order valence-corrected chi connectivity index (χ2v) is 4.29. The number of benzene rings is 1. The molecule has 0 radical (unpaired) electrons. The minimum atomic E-state index is -0.378. The quantitative estimate of drug-likeness (QED) is 0.783. The van der Waals surface area contributed by atoms with Crippen molar-refractivity contribution in [3.8, 4) is 17.6 Å². The number of hydrogen-bond acceptors (Lipinski definition) is 4. The lowest BCUT2D eigenvalue weighted by molar-refractivity contribution is 0.301. The lowest BCUT2D eigenvalue weighted by Gasteiger charge is -2.12. The van der Waals surface area contributed by atoms with Gasteiger partial charge in [0.1, 0.15) is 24.0 Å². The van der Waals surface area contributed by atoms with E-state index in [1.54, 1.807) is 13.3 Å². The predicted octanol–water partition coefficient (Wildman–Crippen LogP) is 2.64. The van der Waals surface area contributed by atoms with Crippen LogP contribution < -0.4 is 9.47 Å². The highest BCUT2D eigenvalue weighted by atomic mass is 16.5. The van der Waals surface area contributed by atoms with Crippen LogP contribution in [0.1, 0.15) is 22.7 Å². The number of nitriles is 1. The van der Waals surface area contributed by atoms with Crippen molar-refractivity contribution in [2.24, 2.45) is 0 Å². The van der Waals surface area contributed by atoms with Crippen LogP contribution in [0.2, 0.25) is 0 Å². The predicted molar refractivity (Wildman–Crippen MR) is 69.0 cm³/mol. The Kier molecular flexibility index (Phi) is 2.81. The molecule has 1 aromatic carbocycles. The number of hydrogen-bond donors (Lipinski definition) is 0. The molecule has 0 N–H and O–H groups in total. The van der Waals surface area contributed by atoms with Crippen molar-refractivity contribution < 1.29 is 9.47 Å². The maximum atomic E-state index is 9.50. The van der Waals surface area contributed by atoms with Gasteiger partial charge in [0.25, 0.3) is 0 Å². The number of pyridine rings is 1. The Morgan fingerprint density at radius 1 is 1.37 bits per heavy atom. The Labute approximate surface area is 111 Å². The standard InChI is InChI=1S/C15H12N2O2/c1-18-10-4-5-15-12(7-10)13(8-16)11-3-2-6-17-14(11)9-19-15/h2-7,13H,9H2,1H3. The van der Waals surface area contributed by atoms with Gasteiger partial charge in [-0.2, -0.15) is 5.26 Å². The normalized spacial score (nSPS) is 16.3. The summed E-state index contributed by atoms with van der Waals surface area (Å²) in [6, 6.07) is 11.6. The zero-order valence-electron chi connectivity index (χ0n) is 10.5. The van der Waals surface area contributed by atoms with Crippen LogP contribution >= 0.6 is 0 Å². The van der Waals surface area contributed by atoms with Gasteiger partial charge in [0, 0.05) is 11.8 Å². The van der Waals surface area contributed by atoms with Crippen molar-refractivity contribution in [1.29, 1.82) is 5.26 Å². The van der Waals surface area contributed by atoms with Gasteiger partial charge in [-0.25, -0.2) is 0 Å². The Hall–Kier alpha value is -2.54. The SMILES string of the molecule is COc1ccc2c(c1)C(C#N)c1cccnc1CO2. The molecule has 3 rings (SSSR count). The minimum Gasteiger partial charge on any atom is -0.497 e. The van der Waals surface area contributed by atoms with Crippen LogP contribution in [0, 0.1) is 11.3 Å². The third-order valence-corrected chi connectivity index (χ3v) is 3.26. The van der Waals surface area contributed by atoms with E-state index in [4.69, 9.17) is 9.47 Å². The summed E-state index contributed by atoms with van der Waals surface area (Å²) in [5, 5.41) is 9.50. The van der Waals surface area contributed by atoms with Crippen LogP contribution in [-0.4, -0.2) is 12.1 Å². The molecule has 1 aliphatic heterocycles. The average Bonchev–Trinajstić information content (AvgIpc) is 2.62. The van der Waals surface area contributed by atoms with E-state index in [0.29, 0.717) is 12.4 Å². The van der Waals surface area contributed by atoms with Crippen molar-refractivity contribution in [1.82, 2.24) is 4.98 Å². The minimum absolute atomic E-state index is 0.378. The van der Waals surface area contributed by atoms with Crippen LogP contribution in [-0.2, 0) is 6.61 Å². The average molecular weight is 252 g/mol. The molecule has 0 aliphatic carbocycles. The highest BCUT2D eigenvalue weighted by molar-refractivity contribution is 5.51. The molecule has 0 fully saturated rings. The molecule has 19 heavy (non-hydrogen) atoms. The molecule has 4 heteroatoms. The maximum absolute atomic E-state index is 9.50. The second-order valence-electron chi connectivity index (χ2n) is 4.29. The monoisotopic (exact) mass is 252 g/mol. The first kappa shape index (κ1) is 11.5. The summed E-state index contributed by atoms with van der Waals surface area (Å²) in [5.41, 5.74) is 2.54. The fourth-order valence-corrected chi connectivity index (χ4v) is 2.30. The molecule has 0 amide bonds. The van der Waals surface area contributed by atoms with E-state index in [2.05, 4.69) is 11.1 Å². The lowest BCUT2D eigenvalue weighted by atomic mass is 9.91. The molecule has 0 spiro atoms. The number of nitrogens with zero attached hydrogens (tertiary/aromatic N) is 2. The van der Waals surface area contributed by atoms with Crippen molar-refractivity contribution in [3.05, 3.63) is 53.3 Å². The molecule has 0 bridgehead atoms. The van der Waals surface area contributed by atoms with Crippen molar-refractivity contribution >= 4 is 0 Å². The summed E-state index contributed by atoms with van der Waals surface area (Å²) in [6.07, 6.45) is 1.72. The Balaban J connectivity index is 2.20. The summed E-state index contributed by atoms with van der Waals surface area (Å²) >= 11 is 0. The second kappa shape index (κ2) is 4.62. The van der Waals surface area contributed by atoms with Gasteiger partial charge >= 0.3 is 0 Å². The molecule has 94 valence electrons. The first-order chi connectivity index (χ1) is 9.33. The summed E-state index contributed by atoms with van der Waals surface area (Å²) in [7, 11) is 1.61. The number of ether oxygens (including phenoxy) is 2. The first-order valence-corrected chi connectivity index (χ1v) is 5.97. The molecule has 0 saturated heterocycles. The van der Waals surface area contributed by atoms with Gasteiger partial charge in [0.05, 0.1) is 18.9 Å². The molecule has 0 saturated carbocycles. The van der Waals surface area contributed by atoms with Crippen LogP contribution in [0.25, 0.3) is 0 Å². The Morgan fingerprint density at radius 3 is 3.05 bits per heavy atom. The summed E-state index contributed by atoms with van der Waals surface area (Å²) in [5.74, 6) is 1.05. The van der Waals surface area contributed by atoms with Crippen LogP contribution in [0.3, 0.4) is 0 Å². The van der Waals surface area contributed by atoms with Crippen molar-refractivity contribution in [2.45, 2.75) is 12.5 Å². The Bertz CT molecular complexity index is 661. The number of aromatic nitrogens is 1. The zero-order chi connectivity index (χ0) is 13.2. The number of rotatable bonds is 1. The third-order valence-electron chi connectivity index (χ3n) is 3.26. The van der Waals surface area contributed by atoms with E-state index in [9.17, 15) is 5.26 Å². The van der Waals surface area contributed by atoms with Gasteiger partial charge in [-0.1, -0.05) is 6.07 Å². The highest BCUT2D eigenvalue weighted by Crippen LogP contribution is 2.38. The van der Waals surface area contributed by atoms with E-state index in [1.165, 1.54) is 0 Å². The molecular formula is C15H12N2O2. The smallest absolute Gasteiger partial charge is 0.131 e. The van der Waals surface area contributed by atoms with E-state index in [1.807, 2.05) is 30.3 Å². The number of fused-ring (bicyclic) bond motifs is 2. The van der Waals surface area contributed by atoms with Crippen molar-refractivity contribution in [2.75, 3.05) is 7.11 Å². The number of methoxy groups -OCH3 is 1. The van der Waals surface area contributed by atoms with E-state index < -0.39 is 0 Å². The maximum Gasteiger partial charge on any atom is 0.131 e. The molecule has 1 aliphatic rings. The summed E-state index contributed by atoms with van der Waals surface area (Å²) < 4.78 is 11.0. The Morgan fingerprint density at radius 2 is 2.26 bits per heavy atom. The fraction of sp³-hybridized carbons (Fsp3) is 0.200. The highest BCUT2D eigenvalue weighted by Gasteiger charge is 2.25. The van der Waals surface area contributed by atoms with E-state index in [0.717, 1.165) is 22.6 Å². The summed E-state index contributed by atoms with van der Waals surface area (Å²) in [6.45, 7) is 0.383. The van der Waals surface area contributed by atoms with Gasteiger partial charge in [-0.05, 0) is 29.8 Å². The molecule has 2 aromatic rings. The van der Waals surface area contributed by atoms with Gasteiger partial charge in [-0.3, -0.25) is 4.98 Å². The summed E-state index contributed by atoms with van der Waals surface area (Å²) in [4.78, 5) is 4.30. The lowest BCUT2D eigenvalue weighted by Crippen LogP contribution is -2.02. The van der Waals surface area contributed by atoms with Crippen LogP contribution in [0.5, 0.6) is 11.5 Å². The molecule has 4 nitrogen and oxygen atoms in total. The third kappa shape index (κ3) is 1.89. The van der Waals surface area contributed by atoms with Gasteiger partial charge < -0.3 is 9.47 Å². The van der Waals surface area contributed by atoms with Gasteiger partial charge in [0.15, 0.2) is 0 Å². The fourth-order valence-electron chi connectivity index (χ4n) is 2.30. The molecule has 1 unspecified atom stereocenters. The molecule has 1 aromatic heterocycles. The molecule has 1 atom stereocenters. The topological polar surface area (TPSA) is 55.1 Å². The van der Waals surface area contributed by atoms with Gasteiger partial charge in [0.2, 0.25) is 0 Å². The van der Waals surface area contributed by atoms with Crippen LogP contribution in [0.15, 0.2) is 36.5 Å². The van der Waals surface area contributed by atoms with Gasteiger partial charge in [-0.15, -0.1) is 0 Å². The first-order valence-electron chi connectivity index (χ1n) is 5.97.